The van der Waals surface area contributed by atoms with E-state index in [9.17, 15) is 0 Å². The summed E-state index contributed by atoms with van der Waals surface area (Å²) in [6.45, 7) is 8.00. The number of benzene rings is 2. The van der Waals surface area contributed by atoms with Crippen LogP contribution < -0.4 is 5.46 Å². The molecule has 2 aromatic rings. The van der Waals surface area contributed by atoms with E-state index in [1.165, 1.54) is 5.56 Å². The van der Waals surface area contributed by atoms with Gasteiger partial charge in [0.2, 0.25) is 0 Å². The monoisotopic (exact) mass is 272 g/mol. The molecule has 3 heteroatoms. The van der Waals surface area contributed by atoms with Crippen LogP contribution in [0.3, 0.4) is 0 Å². The molecule has 0 fully saturated rings. The van der Waals surface area contributed by atoms with Gasteiger partial charge in [0.05, 0.1) is 0 Å². The Labute approximate surface area is 123 Å². The Kier molecular flexibility index (Phi) is 10.4. The highest BCUT2D eigenvalue weighted by atomic mass is 16.4. The summed E-state index contributed by atoms with van der Waals surface area (Å²) in [7, 11) is -1.38. The lowest BCUT2D eigenvalue weighted by Gasteiger charge is -2.03. The van der Waals surface area contributed by atoms with Gasteiger partial charge in [0.1, 0.15) is 0 Å². The van der Waals surface area contributed by atoms with Crippen molar-refractivity contribution in [2.45, 2.75) is 34.1 Å². The summed E-state index contributed by atoms with van der Waals surface area (Å²) >= 11 is 0. The molecule has 108 valence electrons. The van der Waals surface area contributed by atoms with Gasteiger partial charge in [-0.3, -0.25) is 0 Å². The van der Waals surface area contributed by atoms with Crippen molar-refractivity contribution in [3.8, 4) is 0 Å². The molecule has 0 aliphatic heterocycles. The fraction of sp³-hybridized carbons (Fsp3) is 0.294. The molecule has 20 heavy (non-hydrogen) atoms. The highest BCUT2D eigenvalue weighted by Gasteiger charge is 2.09. The summed E-state index contributed by atoms with van der Waals surface area (Å²) in [5, 5.41) is 17.9. The van der Waals surface area contributed by atoms with Gasteiger partial charge in [0.25, 0.3) is 0 Å². The second kappa shape index (κ2) is 11.3. The van der Waals surface area contributed by atoms with E-state index < -0.39 is 7.12 Å². The predicted molar refractivity (Wildman–Crippen MR) is 88.2 cm³/mol. The van der Waals surface area contributed by atoms with Crippen molar-refractivity contribution >= 4 is 12.6 Å². The molecule has 0 amide bonds. The summed E-state index contributed by atoms with van der Waals surface area (Å²) in [6, 6.07) is 17.5. The van der Waals surface area contributed by atoms with Gasteiger partial charge in [0, 0.05) is 0 Å². The van der Waals surface area contributed by atoms with E-state index >= 15 is 0 Å². The molecule has 2 rings (SSSR count). The summed E-state index contributed by atoms with van der Waals surface area (Å²) in [5.74, 6) is 0. The van der Waals surface area contributed by atoms with Crippen LogP contribution in [0.2, 0.25) is 0 Å². The summed E-state index contributed by atoms with van der Waals surface area (Å²) in [4.78, 5) is 0. The molecule has 2 nitrogen and oxygen atoms in total. The van der Waals surface area contributed by atoms with Crippen molar-refractivity contribution < 1.29 is 10.0 Å². The lowest BCUT2D eigenvalue weighted by Crippen LogP contribution is -2.29. The molecule has 0 heterocycles. The zero-order chi connectivity index (χ0) is 15.4. The number of rotatable bonds is 3. The third-order valence-electron chi connectivity index (χ3n) is 2.53. The van der Waals surface area contributed by atoms with Gasteiger partial charge in [-0.25, -0.2) is 0 Å². The van der Waals surface area contributed by atoms with Crippen LogP contribution in [0.15, 0.2) is 54.6 Å². The topological polar surface area (TPSA) is 40.5 Å². The van der Waals surface area contributed by atoms with Crippen molar-refractivity contribution in [1.82, 2.24) is 0 Å². The van der Waals surface area contributed by atoms with Gasteiger partial charge in [-0.1, -0.05) is 82.3 Å². The van der Waals surface area contributed by atoms with Crippen molar-refractivity contribution in [1.29, 1.82) is 0 Å². The predicted octanol–water partition coefficient (Wildman–Crippen LogP) is 3.01. The van der Waals surface area contributed by atoms with E-state index in [4.69, 9.17) is 10.0 Å². The highest BCUT2D eigenvalue weighted by molar-refractivity contribution is 6.58. The Hall–Kier alpha value is -1.58. The first-order valence-electron chi connectivity index (χ1n) is 7.24. The van der Waals surface area contributed by atoms with Crippen molar-refractivity contribution in [2.75, 3.05) is 0 Å². The zero-order valence-electron chi connectivity index (χ0n) is 12.9. The number of hydrogen-bond donors (Lipinski definition) is 2. The van der Waals surface area contributed by atoms with Crippen LogP contribution in [0.1, 0.15) is 38.8 Å². The average Bonchev–Trinajstić information content (AvgIpc) is 2.53. The lowest BCUT2D eigenvalue weighted by atomic mass is 9.80. The molecule has 0 aliphatic carbocycles. The summed E-state index contributed by atoms with van der Waals surface area (Å²) in [6.07, 6.45) is 0.864. The standard InChI is InChI=1S/C13H13BO2.2C2H6/c15-14(16)13-8-6-12(7-9-13)10-11-4-2-1-3-5-11;2*1-2/h1-9,15-16H,10H2;2*1-2H3. The Balaban J connectivity index is 0.000000829. The maximum atomic E-state index is 8.96. The first kappa shape index (κ1) is 18.4. The number of hydrogen-bond acceptors (Lipinski definition) is 2. The van der Waals surface area contributed by atoms with Gasteiger partial charge in [-0.15, -0.1) is 0 Å². The van der Waals surface area contributed by atoms with E-state index in [0.29, 0.717) is 5.46 Å². The fourth-order valence-corrected chi connectivity index (χ4v) is 1.64. The largest absolute Gasteiger partial charge is 0.488 e. The second-order valence-corrected chi connectivity index (χ2v) is 3.78. The summed E-state index contributed by atoms with van der Waals surface area (Å²) < 4.78 is 0. The maximum absolute atomic E-state index is 8.96. The SMILES string of the molecule is CC.CC.OB(O)c1ccc(Cc2ccccc2)cc1. The van der Waals surface area contributed by atoms with E-state index in [0.717, 1.165) is 12.0 Å². The van der Waals surface area contributed by atoms with Gasteiger partial charge >= 0.3 is 7.12 Å². The minimum absolute atomic E-state index is 0.525. The average molecular weight is 272 g/mol. The van der Waals surface area contributed by atoms with Gasteiger partial charge < -0.3 is 10.0 Å². The van der Waals surface area contributed by atoms with Crippen LogP contribution in [0.4, 0.5) is 0 Å². The Bertz CT molecular complexity index is 438. The van der Waals surface area contributed by atoms with Crippen LogP contribution in [-0.2, 0) is 6.42 Å². The Morgan fingerprint density at radius 3 is 1.60 bits per heavy atom. The van der Waals surface area contributed by atoms with Crippen LogP contribution in [0, 0.1) is 0 Å². The van der Waals surface area contributed by atoms with Gasteiger partial charge in [-0.05, 0) is 23.0 Å². The van der Waals surface area contributed by atoms with Crippen LogP contribution in [-0.4, -0.2) is 17.2 Å². The highest BCUT2D eigenvalue weighted by Crippen LogP contribution is 2.07. The smallest absolute Gasteiger partial charge is 0.423 e. The molecule has 2 N–H and O–H groups in total. The second-order valence-electron chi connectivity index (χ2n) is 3.78. The van der Waals surface area contributed by atoms with Crippen LogP contribution >= 0.6 is 0 Å². The molecular formula is C17H25BO2. The molecule has 0 aromatic heterocycles. The third kappa shape index (κ3) is 6.55. The molecule has 0 spiro atoms. The molecule has 0 aliphatic rings. The quantitative estimate of drug-likeness (QED) is 0.843. The van der Waals surface area contributed by atoms with Gasteiger partial charge in [-0.2, -0.15) is 0 Å². The molecule has 0 bridgehead atoms. The molecular weight excluding hydrogens is 247 g/mol. The van der Waals surface area contributed by atoms with E-state index in [2.05, 4.69) is 12.1 Å². The van der Waals surface area contributed by atoms with Crippen molar-refractivity contribution in [3.05, 3.63) is 65.7 Å². The molecule has 0 saturated carbocycles. The van der Waals surface area contributed by atoms with E-state index in [-0.39, 0.29) is 0 Å². The molecule has 0 atom stereocenters. The first-order chi connectivity index (χ1) is 9.75. The Morgan fingerprint density at radius 1 is 0.700 bits per heavy atom. The van der Waals surface area contributed by atoms with E-state index in [1.54, 1.807) is 12.1 Å². The third-order valence-corrected chi connectivity index (χ3v) is 2.53. The molecule has 0 radical (unpaired) electrons. The van der Waals surface area contributed by atoms with Crippen molar-refractivity contribution in [3.63, 3.8) is 0 Å². The maximum Gasteiger partial charge on any atom is 0.488 e. The van der Waals surface area contributed by atoms with Gasteiger partial charge in [0.15, 0.2) is 0 Å². The fourth-order valence-electron chi connectivity index (χ4n) is 1.64. The van der Waals surface area contributed by atoms with Crippen LogP contribution in [0.25, 0.3) is 0 Å². The van der Waals surface area contributed by atoms with Crippen molar-refractivity contribution in [2.24, 2.45) is 0 Å². The lowest BCUT2D eigenvalue weighted by molar-refractivity contribution is 0.426. The minimum atomic E-state index is -1.38. The van der Waals surface area contributed by atoms with E-state index in [1.807, 2.05) is 58.0 Å². The molecule has 2 aromatic carbocycles. The summed E-state index contributed by atoms with van der Waals surface area (Å²) in [5.41, 5.74) is 2.94. The van der Waals surface area contributed by atoms with Crippen LogP contribution in [0.5, 0.6) is 0 Å². The normalized spacial score (nSPS) is 8.70. The zero-order valence-corrected chi connectivity index (χ0v) is 12.9. The molecule has 0 saturated heterocycles. The first-order valence-corrected chi connectivity index (χ1v) is 7.24. The Morgan fingerprint density at radius 2 is 1.15 bits per heavy atom. The molecule has 0 unspecified atom stereocenters. The minimum Gasteiger partial charge on any atom is -0.423 e.